The zero-order chi connectivity index (χ0) is 14.4. The minimum atomic E-state index is -0.594. The standard InChI is InChI=1S/C12H15N3O4/c1-3-14(2)12(17)7-13-10-5-4-9(8-16)6-11(10)15(18)19/h4-6,8,13H,3,7H2,1-2H3. The fraction of sp³-hybridized carbons (Fsp3) is 0.333. The van der Waals surface area contributed by atoms with Crippen molar-refractivity contribution in [1.82, 2.24) is 4.90 Å². The molecule has 102 valence electrons. The van der Waals surface area contributed by atoms with E-state index in [9.17, 15) is 19.7 Å². The van der Waals surface area contributed by atoms with Crippen molar-refractivity contribution in [2.75, 3.05) is 25.5 Å². The predicted molar refractivity (Wildman–Crippen MR) is 70.3 cm³/mol. The Bertz CT molecular complexity index is 502. The van der Waals surface area contributed by atoms with E-state index in [2.05, 4.69) is 5.32 Å². The molecule has 1 amide bonds. The Morgan fingerprint density at radius 3 is 2.74 bits per heavy atom. The molecule has 0 bridgehead atoms. The Labute approximate surface area is 110 Å². The summed E-state index contributed by atoms with van der Waals surface area (Å²) in [4.78, 5) is 34.0. The summed E-state index contributed by atoms with van der Waals surface area (Å²) in [5.41, 5.74) is 0.208. The third kappa shape index (κ3) is 3.77. The highest BCUT2D eigenvalue weighted by Gasteiger charge is 2.15. The smallest absolute Gasteiger partial charge is 0.293 e. The largest absolute Gasteiger partial charge is 0.371 e. The lowest BCUT2D eigenvalue weighted by Gasteiger charge is -2.15. The number of nitrogens with zero attached hydrogens (tertiary/aromatic N) is 2. The van der Waals surface area contributed by atoms with Gasteiger partial charge in [-0.05, 0) is 19.1 Å². The summed E-state index contributed by atoms with van der Waals surface area (Å²) in [6.07, 6.45) is 0.535. The Morgan fingerprint density at radius 2 is 2.21 bits per heavy atom. The van der Waals surface area contributed by atoms with Crippen LogP contribution in [0, 0.1) is 10.1 Å². The van der Waals surface area contributed by atoms with E-state index in [0.717, 1.165) is 0 Å². The van der Waals surface area contributed by atoms with Crippen molar-refractivity contribution in [2.24, 2.45) is 0 Å². The zero-order valence-corrected chi connectivity index (χ0v) is 10.8. The van der Waals surface area contributed by atoms with Crippen LogP contribution in [0.3, 0.4) is 0 Å². The van der Waals surface area contributed by atoms with Crippen molar-refractivity contribution in [3.8, 4) is 0 Å². The van der Waals surface area contributed by atoms with Gasteiger partial charge in [0.25, 0.3) is 5.69 Å². The quantitative estimate of drug-likeness (QED) is 0.475. The predicted octanol–water partition coefficient (Wildman–Crippen LogP) is 1.30. The normalized spacial score (nSPS) is 9.79. The molecule has 19 heavy (non-hydrogen) atoms. The molecule has 1 aromatic rings. The molecule has 1 rings (SSSR count). The highest BCUT2D eigenvalue weighted by atomic mass is 16.6. The van der Waals surface area contributed by atoms with Crippen LogP contribution in [0.4, 0.5) is 11.4 Å². The molecule has 0 atom stereocenters. The first-order valence-electron chi connectivity index (χ1n) is 5.71. The first kappa shape index (κ1) is 14.6. The lowest BCUT2D eigenvalue weighted by atomic mass is 10.2. The summed E-state index contributed by atoms with van der Waals surface area (Å²) in [7, 11) is 1.65. The van der Waals surface area contributed by atoms with Crippen LogP contribution < -0.4 is 5.32 Å². The van der Waals surface area contributed by atoms with Crippen LogP contribution in [-0.2, 0) is 4.79 Å². The van der Waals surface area contributed by atoms with Gasteiger partial charge in [0.1, 0.15) is 12.0 Å². The summed E-state index contributed by atoms with van der Waals surface area (Å²) in [5, 5.41) is 13.6. The van der Waals surface area contributed by atoms with Gasteiger partial charge in [-0.25, -0.2) is 0 Å². The van der Waals surface area contributed by atoms with E-state index in [0.29, 0.717) is 12.8 Å². The molecule has 0 saturated heterocycles. The van der Waals surface area contributed by atoms with Crippen molar-refractivity contribution in [3.63, 3.8) is 0 Å². The van der Waals surface area contributed by atoms with Gasteiger partial charge in [0.05, 0.1) is 11.5 Å². The van der Waals surface area contributed by atoms with E-state index >= 15 is 0 Å². The van der Waals surface area contributed by atoms with Gasteiger partial charge in [0.15, 0.2) is 0 Å². The topological polar surface area (TPSA) is 92.6 Å². The first-order chi connectivity index (χ1) is 8.99. The van der Waals surface area contributed by atoms with Gasteiger partial charge in [-0.1, -0.05) is 0 Å². The third-order valence-corrected chi connectivity index (χ3v) is 2.68. The fourth-order valence-corrected chi connectivity index (χ4v) is 1.40. The van der Waals surface area contributed by atoms with Crippen LogP contribution in [0.2, 0.25) is 0 Å². The average molecular weight is 265 g/mol. The van der Waals surface area contributed by atoms with Crippen LogP contribution in [-0.4, -0.2) is 42.2 Å². The number of nitrogens with one attached hydrogen (secondary N) is 1. The summed E-state index contributed by atoms with van der Waals surface area (Å²) < 4.78 is 0. The molecule has 0 saturated carbocycles. The first-order valence-corrected chi connectivity index (χ1v) is 5.71. The maximum absolute atomic E-state index is 11.6. The Kier molecular flexibility index (Phi) is 4.99. The Balaban J connectivity index is 2.86. The number of likely N-dealkylation sites (N-methyl/N-ethyl adjacent to an activating group) is 1. The molecule has 1 aromatic carbocycles. The van der Waals surface area contributed by atoms with E-state index in [1.54, 1.807) is 7.05 Å². The molecule has 0 spiro atoms. The van der Waals surface area contributed by atoms with Gasteiger partial charge in [-0.15, -0.1) is 0 Å². The Hall–Kier alpha value is -2.44. The minimum Gasteiger partial charge on any atom is -0.371 e. The van der Waals surface area contributed by atoms with Crippen LogP contribution in [0.25, 0.3) is 0 Å². The highest BCUT2D eigenvalue weighted by molar-refractivity contribution is 5.83. The van der Waals surface area contributed by atoms with Gasteiger partial charge in [-0.3, -0.25) is 19.7 Å². The molecule has 0 radical (unpaired) electrons. The molecule has 0 aliphatic rings. The number of nitro benzene ring substituents is 1. The number of amides is 1. The van der Waals surface area contributed by atoms with Crippen molar-refractivity contribution in [1.29, 1.82) is 0 Å². The summed E-state index contributed by atoms with van der Waals surface area (Å²) in [5.74, 6) is -0.170. The van der Waals surface area contributed by atoms with E-state index in [-0.39, 0.29) is 29.4 Å². The number of anilines is 1. The summed E-state index contributed by atoms with van der Waals surface area (Å²) in [6.45, 7) is 2.36. The monoisotopic (exact) mass is 265 g/mol. The number of rotatable bonds is 6. The number of carbonyl (C=O) groups excluding carboxylic acids is 2. The van der Waals surface area contributed by atoms with Crippen molar-refractivity contribution >= 4 is 23.6 Å². The van der Waals surface area contributed by atoms with Crippen LogP contribution >= 0.6 is 0 Å². The summed E-state index contributed by atoms with van der Waals surface area (Å²) >= 11 is 0. The number of carbonyl (C=O) groups is 2. The molecule has 0 fully saturated rings. The van der Waals surface area contributed by atoms with Gasteiger partial charge >= 0.3 is 0 Å². The molecule has 0 unspecified atom stereocenters. The minimum absolute atomic E-state index is 0.0361. The lowest BCUT2D eigenvalue weighted by Crippen LogP contribution is -2.32. The summed E-state index contributed by atoms with van der Waals surface area (Å²) in [6, 6.07) is 4.04. The van der Waals surface area contributed by atoms with Crippen molar-refractivity contribution in [2.45, 2.75) is 6.92 Å². The SMILES string of the molecule is CCN(C)C(=O)CNc1ccc(C=O)cc1[N+](=O)[O-]. The van der Waals surface area contributed by atoms with Crippen molar-refractivity contribution in [3.05, 3.63) is 33.9 Å². The van der Waals surface area contributed by atoms with Gasteiger partial charge < -0.3 is 10.2 Å². The van der Waals surface area contributed by atoms with E-state index in [4.69, 9.17) is 0 Å². The molecule has 7 nitrogen and oxygen atoms in total. The lowest BCUT2D eigenvalue weighted by molar-refractivity contribution is -0.384. The molecule has 1 N–H and O–H groups in total. The Morgan fingerprint density at radius 1 is 1.53 bits per heavy atom. The molecule has 0 aliphatic carbocycles. The van der Waals surface area contributed by atoms with Gasteiger partial charge in [0, 0.05) is 25.2 Å². The fourth-order valence-electron chi connectivity index (χ4n) is 1.40. The second-order valence-electron chi connectivity index (χ2n) is 3.91. The number of aldehydes is 1. The average Bonchev–Trinajstić information content (AvgIpc) is 2.43. The number of hydrogen-bond acceptors (Lipinski definition) is 5. The second-order valence-corrected chi connectivity index (χ2v) is 3.91. The molecule has 0 aromatic heterocycles. The zero-order valence-electron chi connectivity index (χ0n) is 10.8. The highest BCUT2D eigenvalue weighted by Crippen LogP contribution is 2.24. The maximum Gasteiger partial charge on any atom is 0.293 e. The second kappa shape index (κ2) is 6.48. The van der Waals surface area contributed by atoms with E-state index in [1.807, 2.05) is 6.92 Å². The van der Waals surface area contributed by atoms with E-state index in [1.165, 1.54) is 23.1 Å². The van der Waals surface area contributed by atoms with Crippen LogP contribution in [0.1, 0.15) is 17.3 Å². The molecular formula is C12H15N3O4. The number of benzene rings is 1. The van der Waals surface area contributed by atoms with Gasteiger partial charge in [0.2, 0.25) is 5.91 Å². The molecule has 0 aliphatic heterocycles. The van der Waals surface area contributed by atoms with Gasteiger partial charge in [-0.2, -0.15) is 0 Å². The molecule has 7 heteroatoms. The van der Waals surface area contributed by atoms with Crippen LogP contribution in [0.5, 0.6) is 0 Å². The molecule has 0 heterocycles. The maximum atomic E-state index is 11.6. The molecular weight excluding hydrogens is 250 g/mol. The third-order valence-electron chi connectivity index (χ3n) is 2.68. The van der Waals surface area contributed by atoms with Crippen LogP contribution in [0.15, 0.2) is 18.2 Å². The van der Waals surface area contributed by atoms with Crippen molar-refractivity contribution < 1.29 is 14.5 Å². The number of nitro groups is 1. The van der Waals surface area contributed by atoms with E-state index < -0.39 is 4.92 Å². The number of hydrogen-bond donors (Lipinski definition) is 1.